The monoisotopic (exact) mass is 304 g/mol. The van der Waals surface area contributed by atoms with Crippen LogP contribution >= 0.6 is 0 Å². The molecular formula is C13H12N4O5. The van der Waals surface area contributed by atoms with E-state index in [2.05, 4.69) is 15.3 Å². The molecule has 1 aromatic heterocycles. The third kappa shape index (κ3) is 2.16. The zero-order chi connectivity index (χ0) is 16.0. The lowest BCUT2D eigenvalue weighted by Gasteiger charge is -2.08. The van der Waals surface area contributed by atoms with Crippen molar-refractivity contribution in [3.8, 4) is 0 Å². The molecular weight excluding hydrogens is 292 g/mol. The Morgan fingerprint density at radius 1 is 1.27 bits per heavy atom. The van der Waals surface area contributed by atoms with Crippen LogP contribution in [0.4, 0.5) is 5.69 Å². The summed E-state index contributed by atoms with van der Waals surface area (Å²) in [5, 5.41) is 14.0. The van der Waals surface area contributed by atoms with Crippen molar-refractivity contribution in [1.82, 2.24) is 15.3 Å². The van der Waals surface area contributed by atoms with Crippen molar-refractivity contribution in [1.29, 1.82) is 0 Å². The first kappa shape index (κ1) is 14.0. The van der Waals surface area contributed by atoms with Crippen molar-refractivity contribution in [2.75, 3.05) is 0 Å². The fourth-order valence-corrected chi connectivity index (χ4v) is 2.93. The third-order valence-corrected chi connectivity index (χ3v) is 3.72. The van der Waals surface area contributed by atoms with Crippen molar-refractivity contribution in [3.63, 3.8) is 0 Å². The molecule has 0 bridgehead atoms. The van der Waals surface area contributed by atoms with Crippen LogP contribution in [0.3, 0.4) is 0 Å². The number of fused-ring (bicyclic) bond motifs is 3. The molecule has 1 aromatic carbocycles. The van der Waals surface area contributed by atoms with Gasteiger partial charge in [0.15, 0.2) is 0 Å². The van der Waals surface area contributed by atoms with E-state index in [1.807, 2.05) is 0 Å². The van der Waals surface area contributed by atoms with E-state index in [0.29, 0.717) is 29.5 Å². The first-order valence-electron chi connectivity index (χ1n) is 6.59. The number of hydrogen-bond acceptors (Lipinski definition) is 5. The second-order valence-corrected chi connectivity index (χ2v) is 5.25. The molecule has 114 valence electrons. The van der Waals surface area contributed by atoms with Gasteiger partial charge in [-0.15, -0.1) is 0 Å². The Labute approximate surface area is 122 Å². The number of aromatic nitrogens is 2. The lowest BCUT2D eigenvalue weighted by Crippen LogP contribution is -2.33. The normalized spacial score (nSPS) is 16.5. The Morgan fingerprint density at radius 2 is 1.91 bits per heavy atom. The summed E-state index contributed by atoms with van der Waals surface area (Å²) >= 11 is 0. The Morgan fingerprint density at radius 3 is 2.55 bits per heavy atom. The lowest BCUT2D eigenvalue weighted by molar-refractivity contribution is -0.385. The van der Waals surface area contributed by atoms with E-state index in [1.54, 1.807) is 0 Å². The zero-order valence-electron chi connectivity index (χ0n) is 11.6. The van der Waals surface area contributed by atoms with Crippen LogP contribution in [0.5, 0.6) is 0 Å². The topological polar surface area (TPSA) is 138 Å². The molecule has 3 rings (SSSR count). The van der Waals surface area contributed by atoms with Gasteiger partial charge >= 0.3 is 11.1 Å². The highest BCUT2D eigenvalue weighted by Gasteiger charge is 2.31. The molecule has 1 heterocycles. The molecule has 1 amide bonds. The Balaban J connectivity index is 2.26. The third-order valence-electron chi connectivity index (χ3n) is 3.72. The molecule has 0 aliphatic heterocycles. The van der Waals surface area contributed by atoms with Gasteiger partial charge in [0.2, 0.25) is 5.91 Å². The maximum atomic E-state index is 11.5. The van der Waals surface area contributed by atoms with Gasteiger partial charge in [-0.2, -0.15) is 0 Å². The minimum atomic E-state index is -0.863. The summed E-state index contributed by atoms with van der Waals surface area (Å²) in [5.74, 6) is -0.230. The summed E-state index contributed by atoms with van der Waals surface area (Å²) in [6.07, 6.45) is 0.664. The molecule has 9 heteroatoms. The standard InChI is InChI=1S/C13H12N4O5/c1-5(18)14-6-2-7-8(3-6)11-9(4-10(7)17(21)22)15-12(19)13(20)16-11/h4,6H,2-3H2,1H3,(H,14,18)(H,15,19)(H,16,20). The second kappa shape index (κ2) is 4.79. The highest BCUT2D eigenvalue weighted by Crippen LogP contribution is 2.34. The van der Waals surface area contributed by atoms with Crippen LogP contribution in [-0.2, 0) is 17.6 Å². The van der Waals surface area contributed by atoms with Gasteiger partial charge in [0.25, 0.3) is 5.69 Å². The molecule has 0 radical (unpaired) electrons. The first-order chi connectivity index (χ1) is 10.4. The Kier molecular flexibility index (Phi) is 3.05. The van der Waals surface area contributed by atoms with Crippen molar-refractivity contribution >= 4 is 22.6 Å². The molecule has 1 aliphatic carbocycles. The molecule has 2 aromatic rings. The SMILES string of the molecule is CC(=O)NC1Cc2c([N+](=O)[O-])cc3[nH]c(=O)c(=O)[nH]c3c2C1. The van der Waals surface area contributed by atoms with Gasteiger partial charge in [0.05, 0.1) is 16.0 Å². The van der Waals surface area contributed by atoms with E-state index in [0.717, 1.165) is 0 Å². The molecule has 0 saturated heterocycles. The van der Waals surface area contributed by atoms with Gasteiger partial charge in [-0.25, -0.2) is 0 Å². The van der Waals surface area contributed by atoms with Crippen LogP contribution in [0, 0.1) is 10.1 Å². The minimum Gasteiger partial charge on any atom is -0.353 e. The second-order valence-electron chi connectivity index (χ2n) is 5.25. The van der Waals surface area contributed by atoms with E-state index in [9.17, 15) is 24.5 Å². The Hall–Kier alpha value is -2.97. The van der Waals surface area contributed by atoms with Crippen molar-refractivity contribution in [3.05, 3.63) is 48.0 Å². The first-order valence-corrected chi connectivity index (χ1v) is 6.59. The van der Waals surface area contributed by atoms with E-state index in [4.69, 9.17) is 0 Å². The van der Waals surface area contributed by atoms with E-state index >= 15 is 0 Å². The average molecular weight is 304 g/mol. The van der Waals surface area contributed by atoms with Crippen LogP contribution in [-0.4, -0.2) is 26.8 Å². The van der Waals surface area contributed by atoms with E-state index in [-0.39, 0.29) is 23.2 Å². The molecule has 22 heavy (non-hydrogen) atoms. The maximum absolute atomic E-state index is 11.5. The summed E-state index contributed by atoms with van der Waals surface area (Å²) in [7, 11) is 0. The van der Waals surface area contributed by atoms with Gasteiger partial charge in [-0.3, -0.25) is 24.5 Å². The zero-order valence-corrected chi connectivity index (χ0v) is 11.6. The van der Waals surface area contributed by atoms with Gasteiger partial charge in [0, 0.05) is 31.0 Å². The van der Waals surface area contributed by atoms with Crippen molar-refractivity contribution in [2.24, 2.45) is 0 Å². The van der Waals surface area contributed by atoms with Gasteiger partial charge < -0.3 is 15.3 Å². The summed E-state index contributed by atoms with van der Waals surface area (Å²) in [6, 6.07) is 0.967. The predicted molar refractivity (Wildman–Crippen MR) is 76.9 cm³/mol. The number of carbonyl (C=O) groups excluding carboxylic acids is 1. The number of carbonyl (C=O) groups is 1. The number of nitro benzene ring substituents is 1. The molecule has 0 fully saturated rings. The molecule has 9 nitrogen and oxygen atoms in total. The van der Waals surface area contributed by atoms with E-state index in [1.165, 1.54) is 13.0 Å². The number of benzene rings is 1. The number of nitro groups is 1. The number of nitrogens with zero attached hydrogens (tertiary/aromatic N) is 1. The number of amides is 1. The van der Waals surface area contributed by atoms with Crippen molar-refractivity contribution in [2.45, 2.75) is 25.8 Å². The van der Waals surface area contributed by atoms with E-state index < -0.39 is 16.0 Å². The number of rotatable bonds is 2. The summed E-state index contributed by atoms with van der Waals surface area (Å²) in [6.45, 7) is 1.37. The van der Waals surface area contributed by atoms with Crippen LogP contribution in [0.15, 0.2) is 15.7 Å². The van der Waals surface area contributed by atoms with Crippen molar-refractivity contribution < 1.29 is 9.72 Å². The summed E-state index contributed by atoms with van der Waals surface area (Å²) < 4.78 is 0. The number of H-pyrrole nitrogens is 2. The molecule has 0 spiro atoms. The summed E-state index contributed by atoms with van der Waals surface area (Å²) in [5.41, 5.74) is -0.172. The highest BCUT2D eigenvalue weighted by molar-refractivity contribution is 5.84. The van der Waals surface area contributed by atoms with Gasteiger partial charge in [-0.05, 0) is 12.0 Å². The fraction of sp³-hybridized carbons (Fsp3) is 0.308. The Bertz CT molecular complexity index is 926. The number of nitrogens with one attached hydrogen (secondary N) is 3. The molecule has 1 atom stereocenters. The molecule has 1 aliphatic rings. The van der Waals surface area contributed by atoms with Crippen LogP contribution in [0.25, 0.3) is 11.0 Å². The number of hydrogen-bond donors (Lipinski definition) is 3. The fourth-order valence-electron chi connectivity index (χ4n) is 2.93. The smallest absolute Gasteiger partial charge is 0.314 e. The van der Waals surface area contributed by atoms with Gasteiger partial charge in [0.1, 0.15) is 0 Å². The predicted octanol–water partition coefficient (Wildman–Crippen LogP) is -0.272. The largest absolute Gasteiger partial charge is 0.353 e. The van der Waals surface area contributed by atoms with Crippen LogP contribution in [0.1, 0.15) is 18.1 Å². The van der Waals surface area contributed by atoms with Crippen LogP contribution in [0.2, 0.25) is 0 Å². The molecule has 0 saturated carbocycles. The summed E-state index contributed by atoms with van der Waals surface area (Å²) in [4.78, 5) is 49.6. The molecule has 3 N–H and O–H groups in total. The van der Waals surface area contributed by atoms with Gasteiger partial charge in [-0.1, -0.05) is 0 Å². The maximum Gasteiger partial charge on any atom is 0.314 e. The lowest BCUT2D eigenvalue weighted by atomic mass is 10.1. The minimum absolute atomic E-state index is 0.127. The molecule has 1 unspecified atom stereocenters. The quantitative estimate of drug-likeness (QED) is 0.398. The average Bonchev–Trinajstić information content (AvgIpc) is 2.82. The number of aromatic amines is 2. The van der Waals surface area contributed by atoms with Crippen LogP contribution < -0.4 is 16.4 Å². The highest BCUT2D eigenvalue weighted by atomic mass is 16.6.